The smallest absolute Gasteiger partial charge is 0.253 e. The number of guanidine groups is 1. The summed E-state index contributed by atoms with van der Waals surface area (Å²) in [5.41, 5.74) is 3.21. The van der Waals surface area contributed by atoms with Crippen molar-refractivity contribution < 1.29 is 4.79 Å². The fourth-order valence-corrected chi connectivity index (χ4v) is 3.41. The van der Waals surface area contributed by atoms with Crippen LogP contribution in [-0.2, 0) is 12.0 Å². The second kappa shape index (κ2) is 8.65. The normalized spacial score (nSPS) is 15.1. The van der Waals surface area contributed by atoms with E-state index in [0.29, 0.717) is 12.1 Å². The highest BCUT2D eigenvalue weighted by Gasteiger charge is 2.44. The summed E-state index contributed by atoms with van der Waals surface area (Å²) in [6, 6.07) is 15.8. The van der Waals surface area contributed by atoms with Crippen molar-refractivity contribution in [1.29, 1.82) is 0 Å². The van der Waals surface area contributed by atoms with Crippen LogP contribution in [0.25, 0.3) is 0 Å². The van der Waals surface area contributed by atoms with Crippen LogP contribution in [0, 0.1) is 0 Å². The summed E-state index contributed by atoms with van der Waals surface area (Å²) in [6.07, 6.45) is 2.30. The van der Waals surface area contributed by atoms with Crippen LogP contribution in [0.4, 0.5) is 0 Å². The average Bonchev–Trinajstić information content (AvgIpc) is 3.49. The van der Waals surface area contributed by atoms with E-state index in [2.05, 4.69) is 27.8 Å². The minimum absolute atomic E-state index is 0.00716. The van der Waals surface area contributed by atoms with Crippen molar-refractivity contribution in [3.63, 3.8) is 0 Å². The molecule has 0 bridgehead atoms. The second-order valence-electron chi connectivity index (χ2n) is 7.47. The Hall–Kier alpha value is -2.53. The van der Waals surface area contributed by atoms with Crippen LogP contribution in [0.3, 0.4) is 0 Å². The van der Waals surface area contributed by atoms with Gasteiger partial charge in [-0.3, -0.25) is 9.79 Å². The molecule has 0 unspecified atom stereocenters. The van der Waals surface area contributed by atoms with Gasteiger partial charge in [-0.2, -0.15) is 0 Å². The number of amides is 1. The van der Waals surface area contributed by atoms with E-state index in [1.807, 2.05) is 36.4 Å². The van der Waals surface area contributed by atoms with Gasteiger partial charge in [-0.15, -0.1) is 0 Å². The summed E-state index contributed by atoms with van der Waals surface area (Å²) in [4.78, 5) is 17.9. The van der Waals surface area contributed by atoms with Crippen molar-refractivity contribution in [1.82, 2.24) is 15.5 Å². The summed E-state index contributed by atoms with van der Waals surface area (Å²) >= 11 is 6.15. The highest BCUT2D eigenvalue weighted by Crippen LogP contribution is 2.48. The van der Waals surface area contributed by atoms with Crippen molar-refractivity contribution in [2.75, 3.05) is 27.7 Å². The number of hydrogen-bond donors (Lipinski definition) is 2. The molecule has 6 heteroatoms. The van der Waals surface area contributed by atoms with Gasteiger partial charge >= 0.3 is 0 Å². The van der Waals surface area contributed by atoms with Gasteiger partial charge in [-0.25, -0.2) is 0 Å². The van der Waals surface area contributed by atoms with Gasteiger partial charge in [0.15, 0.2) is 5.96 Å². The zero-order chi connectivity index (χ0) is 20.1. The predicted molar refractivity (Wildman–Crippen MR) is 115 cm³/mol. The molecule has 1 aliphatic carbocycles. The maximum Gasteiger partial charge on any atom is 0.253 e. The standard InChI is InChI=1S/C22H27ClN4O/c1-24-21(25-14-16-7-9-17(10-8-16)20(28)27(2)3)26-15-22(11-12-22)18-5-4-6-19(23)13-18/h4-10,13H,11-12,14-15H2,1-3H3,(H2,24,25,26). The summed E-state index contributed by atoms with van der Waals surface area (Å²) in [6.45, 7) is 1.46. The first-order chi connectivity index (χ1) is 13.4. The fraction of sp³-hybridized carbons (Fsp3) is 0.364. The van der Waals surface area contributed by atoms with E-state index >= 15 is 0 Å². The summed E-state index contributed by atoms with van der Waals surface area (Å²) in [5, 5.41) is 7.56. The number of nitrogens with one attached hydrogen (secondary N) is 2. The van der Waals surface area contributed by atoms with Gasteiger partial charge in [0.1, 0.15) is 0 Å². The molecule has 28 heavy (non-hydrogen) atoms. The molecule has 1 aliphatic rings. The van der Waals surface area contributed by atoms with Gasteiger partial charge in [-0.05, 0) is 48.2 Å². The molecule has 0 aromatic heterocycles. The molecule has 2 aromatic carbocycles. The molecule has 2 N–H and O–H groups in total. The van der Waals surface area contributed by atoms with Gasteiger partial charge in [0.2, 0.25) is 0 Å². The molecule has 1 fully saturated rings. The number of rotatable bonds is 6. The van der Waals surface area contributed by atoms with Crippen LogP contribution in [0.1, 0.15) is 34.3 Å². The van der Waals surface area contributed by atoms with Crippen molar-refractivity contribution in [3.05, 3.63) is 70.2 Å². The Morgan fingerprint density at radius 2 is 1.86 bits per heavy atom. The van der Waals surface area contributed by atoms with Gasteiger partial charge in [0.25, 0.3) is 5.91 Å². The Morgan fingerprint density at radius 1 is 1.14 bits per heavy atom. The zero-order valence-corrected chi connectivity index (χ0v) is 17.4. The molecule has 0 aliphatic heterocycles. The highest BCUT2D eigenvalue weighted by molar-refractivity contribution is 6.30. The molecule has 3 rings (SSSR count). The van der Waals surface area contributed by atoms with E-state index in [1.54, 1.807) is 26.0 Å². The molecular weight excluding hydrogens is 372 g/mol. The highest BCUT2D eigenvalue weighted by atomic mass is 35.5. The minimum Gasteiger partial charge on any atom is -0.356 e. The van der Waals surface area contributed by atoms with Crippen LogP contribution in [-0.4, -0.2) is 44.5 Å². The molecule has 0 radical (unpaired) electrons. The number of hydrogen-bond acceptors (Lipinski definition) is 2. The number of benzene rings is 2. The minimum atomic E-state index is 0.00716. The van der Waals surface area contributed by atoms with Crippen molar-refractivity contribution in [3.8, 4) is 0 Å². The third-order valence-electron chi connectivity index (χ3n) is 5.18. The maximum absolute atomic E-state index is 12.0. The third kappa shape index (κ3) is 4.84. The third-order valence-corrected chi connectivity index (χ3v) is 5.41. The topological polar surface area (TPSA) is 56.7 Å². The largest absolute Gasteiger partial charge is 0.356 e. The first kappa shape index (κ1) is 20.2. The Labute approximate surface area is 171 Å². The van der Waals surface area contributed by atoms with Crippen LogP contribution in [0.2, 0.25) is 5.02 Å². The van der Waals surface area contributed by atoms with Gasteiger partial charge in [-0.1, -0.05) is 35.9 Å². The lowest BCUT2D eigenvalue weighted by Crippen LogP contribution is -2.40. The molecule has 5 nitrogen and oxygen atoms in total. The van der Waals surface area contributed by atoms with E-state index < -0.39 is 0 Å². The Bertz CT molecular complexity index is 857. The average molecular weight is 399 g/mol. The van der Waals surface area contributed by atoms with Gasteiger partial charge in [0.05, 0.1) is 0 Å². The number of nitrogens with zero attached hydrogens (tertiary/aromatic N) is 2. The van der Waals surface area contributed by atoms with E-state index in [9.17, 15) is 4.79 Å². The molecule has 0 heterocycles. The molecule has 0 spiro atoms. The molecular formula is C22H27ClN4O. The Kier molecular flexibility index (Phi) is 6.25. The number of aliphatic imine (C=N–C) groups is 1. The Morgan fingerprint density at radius 3 is 2.43 bits per heavy atom. The van der Waals surface area contributed by atoms with E-state index in [4.69, 9.17) is 11.6 Å². The van der Waals surface area contributed by atoms with Crippen LogP contribution >= 0.6 is 11.6 Å². The molecule has 148 valence electrons. The van der Waals surface area contributed by atoms with Crippen LogP contribution in [0.15, 0.2) is 53.5 Å². The number of carbonyl (C=O) groups excluding carboxylic acids is 1. The van der Waals surface area contributed by atoms with E-state index in [-0.39, 0.29) is 11.3 Å². The van der Waals surface area contributed by atoms with Gasteiger partial charge < -0.3 is 15.5 Å². The van der Waals surface area contributed by atoms with Crippen molar-refractivity contribution in [2.45, 2.75) is 24.8 Å². The lowest BCUT2D eigenvalue weighted by Gasteiger charge is -2.19. The molecule has 1 amide bonds. The second-order valence-corrected chi connectivity index (χ2v) is 7.90. The van der Waals surface area contributed by atoms with Gasteiger partial charge in [0, 0.05) is 50.2 Å². The first-order valence-corrected chi connectivity index (χ1v) is 9.82. The molecule has 2 aromatic rings. The summed E-state index contributed by atoms with van der Waals surface area (Å²) < 4.78 is 0. The SMILES string of the molecule is CN=C(NCc1ccc(C(=O)N(C)C)cc1)NCC1(c2cccc(Cl)c2)CC1. The molecule has 0 saturated heterocycles. The van der Waals surface area contributed by atoms with E-state index in [1.165, 1.54) is 5.56 Å². The van der Waals surface area contributed by atoms with E-state index in [0.717, 1.165) is 35.9 Å². The van der Waals surface area contributed by atoms with Crippen molar-refractivity contribution in [2.24, 2.45) is 4.99 Å². The predicted octanol–water partition coefficient (Wildman–Crippen LogP) is 3.44. The molecule has 0 atom stereocenters. The summed E-state index contributed by atoms with van der Waals surface area (Å²) in [7, 11) is 5.28. The quantitative estimate of drug-likeness (QED) is 0.579. The van der Waals surface area contributed by atoms with Crippen LogP contribution < -0.4 is 10.6 Å². The lowest BCUT2D eigenvalue weighted by atomic mass is 9.96. The first-order valence-electron chi connectivity index (χ1n) is 9.45. The monoisotopic (exact) mass is 398 g/mol. The number of halogens is 1. The lowest BCUT2D eigenvalue weighted by molar-refractivity contribution is 0.0827. The maximum atomic E-state index is 12.0. The Balaban J connectivity index is 1.53. The summed E-state index contributed by atoms with van der Waals surface area (Å²) in [5.74, 6) is 0.773. The fourth-order valence-electron chi connectivity index (χ4n) is 3.22. The number of carbonyl (C=O) groups is 1. The van der Waals surface area contributed by atoms with Crippen molar-refractivity contribution >= 4 is 23.5 Å². The molecule has 1 saturated carbocycles. The van der Waals surface area contributed by atoms with Crippen LogP contribution in [0.5, 0.6) is 0 Å². The zero-order valence-electron chi connectivity index (χ0n) is 16.6.